The molecule has 3 N–H and O–H groups in total. The lowest BCUT2D eigenvalue weighted by atomic mass is 9.94. The number of H-pyrrole nitrogens is 1. The molecule has 0 unspecified atom stereocenters. The minimum Gasteiger partial charge on any atom is -0.364 e. The Morgan fingerprint density at radius 3 is 2.41 bits per heavy atom. The third-order valence-electron chi connectivity index (χ3n) is 3.78. The first-order chi connectivity index (χ1) is 10.6. The summed E-state index contributed by atoms with van der Waals surface area (Å²) in [6.45, 7) is 4.15. The Labute approximate surface area is 128 Å². The summed E-state index contributed by atoms with van der Waals surface area (Å²) < 4.78 is 0. The molecule has 0 aliphatic heterocycles. The third-order valence-corrected chi connectivity index (χ3v) is 3.78. The van der Waals surface area contributed by atoms with Crippen molar-refractivity contribution in [3.8, 4) is 22.4 Å². The van der Waals surface area contributed by atoms with Gasteiger partial charge in [-0.05, 0) is 36.1 Å². The van der Waals surface area contributed by atoms with Crippen molar-refractivity contribution in [2.75, 3.05) is 0 Å². The van der Waals surface area contributed by atoms with Gasteiger partial charge in [0, 0.05) is 5.56 Å². The fourth-order valence-corrected chi connectivity index (χ4v) is 2.44. The second-order valence-electron chi connectivity index (χ2n) is 5.23. The van der Waals surface area contributed by atoms with Crippen LogP contribution in [0.15, 0.2) is 42.5 Å². The largest absolute Gasteiger partial charge is 0.364 e. The Balaban J connectivity index is 2.20. The molecule has 3 aromatic rings. The molecular weight excluding hydrogens is 276 g/mol. The molecule has 1 amide bonds. The van der Waals surface area contributed by atoms with Crippen LogP contribution in [-0.4, -0.2) is 21.3 Å². The lowest BCUT2D eigenvalue weighted by Crippen LogP contribution is -2.12. The zero-order valence-corrected chi connectivity index (χ0v) is 12.4. The molecular formula is C17H16N4O. The molecule has 2 aromatic carbocycles. The Hall–Kier alpha value is -2.95. The van der Waals surface area contributed by atoms with Gasteiger partial charge >= 0.3 is 0 Å². The van der Waals surface area contributed by atoms with Crippen molar-refractivity contribution in [2.45, 2.75) is 13.8 Å². The summed E-state index contributed by atoms with van der Waals surface area (Å²) in [6.07, 6.45) is 0. The van der Waals surface area contributed by atoms with E-state index < -0.39 is 5.91 Å². The van der Waals surface area contributed by atoms with Crippen molar-refractivity contribution < 1.29 is 4.79 Å². The smallest absolute Gasteiger partial charge is 0.271 e. The zero-order valence-electron chi connectivity index (χ0n) is 12.4. The maximum absolute atomic E-state index is 11.5. The van der Waals surface area contributed by atoms with Crippen LogP contribution in [0, 0.1) is 13.8 Å². The van der Waals surface area contributed by atoms with Gasteiger partial charge in [0.15, 0.2) is 5.69 Å². The summed E-state index contributed by atoms with van der Waals surface area (Å²) >= 11 is 0. The van der Waals surface area contributed by atoms with Gasteiger partial charge in [0.1, 0.15) is 5.69 Å². The molecule has 1 aromatic heterocycles. The first-order valence-electron chi connectivity index (χ1n) is 6.95. The van der Waals surface area contributed by atoms with Crippen LogP contribution in [0.3, 0.4) is 0 Å². The van der Waals surface area contributed by atoms with E-state index in [0.29, 0.717) is 5.69 Å². The van der Waals surface area contributed by atoms with Crippen LogP contribution in [0.1, 0.15) is 21.6 Å². The van der Waals surface area contributed by atoms with Crippen LogP contribution in [0.2, 0.25) is 0 Å². The van der Waals surface area contributed by atoms with Gasteiger partial charge in [-0.3, -0.25) is 4.79 Å². The second kappa shape index (κ2) is 5.44. The average molecular weight is 292 g/mol. The van der Waals surface area contributed by atoms with Crippen LogP contribution >= 0.6 is 0 Å². The highest BCUT2D eigenvalue weighted by Crippen LogP contribution is 2.32. The molecule has 0 fully saturated rings. The topological polar surface area (TPSA) is 84.7 Å². The van der Waals surface area contributed by atoms with Gasteiger partial charge in [0.05, 0.1) is 0 Å². The minimum absolute atomic E-state index is 0.149. The number of rotatable bonds is 3. The number of nitrogens with zero attached hydrogens (tertiary/aromatic N) is 2. The van der Waals surface area contributed by atoms with E-state index in [4.69, 9.17) is 5.73 Å². The Morgan fingerprint density at radius 2 is 1.73 bits per heavy atom. The van der Waals surface area contributed by atoms with Crippen LogP contribution in [0.5, 0.6) is 0 Å². The number of carbonyl (C=O) groups excluding carboxylic acids is 1. The maximum atomic E-state index is 11.5. The van der Waals surface area contributed by atoms with Crippen molar-refractivity contribution in [3.63, 3.8) is 0 Å². The normalized spacial score (nSPS) is 10.6. The van der Waals surface area contributed by atoms with E-state index in [1.54, 1.807) is 0 Å². The highest BCUT2D eigenvalue weighted by atomic mass is 16.1. The molecule has 110 valence electrons. The van der Waals surface area contributed by atoms with Gasteiger partial charge in [-0.15, -0.1) is 0 Å². The number of primary amides is 1. The molecule has 0 radical (unpaired) electrons. The Kier molecular flexibility index (Phi) is 3.47. The molecule has 0 saturated heterocycles. The second-order valence-corrected chi connectivity index (χ2v) is 5.23. The quantitative estimate of drug-likeness (QED) is 0.778. The van der Waals surface area contributed by atoms with E-state index in [-0.39, 0.29) is 5.69 Å². The molecule has 22 heavy (non-hydrogen) atoms. The summed E-state index contributed by atoms with van der Waals surface area (Å²) in [5.41, 5.74) is 11.3. The fourth-order valence-electron chi connectivity index (χ4n) is 2.44. The Bertz CT molecular complexity index is 851. The number of aryl methyl sites for hydroxylation is 2. The van der Waals surface area contributed by atoms with Gasteiger partial charge in [-0.2, -0.15) is 15.4 Å². The minimum atomic E-state index is -0.598. The molecule has 0 aliphatic carbocycles. The van der Waals surface area contributed by atoms with E-state index in [1.807, 2.05) is 24.3 Å². The van der Waals surface area contributed by atoms with Crippen molar-refractivity contribution in [1.82, 2.24) is 15.4 Å². The van der Waals surface area contributed by atoms with Gasteiger partial charge in [0.25, 0.3) is 5.91 Å². The summed E-state index contributed by atoms with van der Waals surface area (Å²) in [5.74, 6) is -0.598. The number of aromatic amines is 1. The van der Waals surface area contributed by atoms with Crippen LogP contribution < -0.4 is 5.73 Å². The van der Waals surface area contributed by atoms with Gasteiger partial charge in [-0.1, -0.05) is 42.5 Å². The van der Waals surface area contributed by atoms with Crippen molar-refractivity contribution in [2.24, 2.45) is 5.73 Å². The molecule has 1 heterocycles. The summed E-state index contributed by atoms with van der Waals surface area (Å²) in [4.78, 5) is 11.5. The predicted octanol–water partition coefficient (Wildman–Crippen LogP) is 2.85. The Morgan fingerprint density at radius 1 is 1.00 bits per heavy atom. The van der Waals surface area contributed by atoms with E-state index >= 15 is 0 Å². The maximum Gasteiger partial charge on any atom is 0.271 e. The van der Waals surface area contributed by atoms with Gasteiger partial charge in [0.2, 0.25) is 0 Å². The van der Waals surface area contributed by atoms with E-state index in [1.165, 1.54) is 11.1 Å². The van der Waals surface area contributed by atoms with Crippen LogP contribution in [0.25, 0.3) is 22.4 Å². The number of hydrogen-bond acceptors (Lipinski definition) is 3. The number of aromatic nitrogens is 3. The third kappa shape index (κ3) is 2.37. The predicted molar refractivity (Wildman–Crippen MR) is 85.2 cm³/mol. The van der Waals surface area contributed by atoms with Crippen molar-refractivity contribution in [3.05, 3.63) is 59.3 Å². The highest BCUT2D eigenvalue weighted by Gasteiger charge is 2.18. The van der Waals surface area contributed by atoms with Crippen molar-refractivity contribution in [1.29, 1.82) is 0 Å². The molecule has 0 atom stereocenters. The molecule has 3 rings (SSSR count). The van der Waals surface area contributed by atoms with E-state index in [2.05, 4.69) is 47.5 Å². The molecule has 5 nitrogen and oxygen atoms in total. The molecule has 0 bridgehead atoms. The fraction of sp³-hybridized carbons (Fsp3) is 0.118. The van der Waals surface area contributed by atoms with Gasteiger partial charge in [-0.25, -0.2) is 0 Å². The van der Waals surface area contributed by atoms with E-state index in [9.17, 15) is 4.79 Å². The summed E-state index contributed by atoms with van der Waals surface area (Å²) in [6, 6.07) is 14.0. The number of benzene rings is 2. The summed E-state index contributed by atoms with van der Waals surface area (Å²) in [5, 5.41) is 10.4. The number of nitrogens with one attached hydrogen (secondary N) is 1. The molecule has 0 saturated carbocycles. The molecule has 0 aliphatic rings. The summed E-state index contributed by atoms with van der Waals surface area (Å²) in [7, 11) is 0. The SMILES string of the molecule is Cc1ccc(-c2ccccc2-c2n[nH]nc2C(N)=O)cc1C. The van der Waals surface area contributed by atoms with E-state index in [0.717, 1.165) is 16.7 Å². The first-order valence-corrected chi connectivity index (χ1v) is 6.95. The number of nitrogens with two attached hydrogens (primary N) is 1. The molecule has 0 spiro atoms. The van der Waals surface area contributed by atoms with Crippen LogP contribution in [-0.2, 0) is 0 Å². The van der Waals surface area contributed by atoms with Crippen molar-refractivity contribution >= 4 is 5.91 Å². The lowest BCUT2D eigenvalue weighted by Gasteiger charge is -2.10. The number of hydrogen-bond donors (Lipinski definition) is 2. The lowest BCUT2D eigenvalue weighted by molar-refractivity contribution is 0.0996. The first kappa shape index (κ1) is 14.0. The monoisotopic (exact) mass is 292 g/mol. The van der Waals surface area contributed by atoms with Gasteiger partial charge < -0.3 is 5.73 Å². The highest BCUT2D eigenvalue weighted by molar-refractivity contribution is 5.98. The number of carbonyl (C=O) groups is 1. The number of amides is 1. The zero-order chi connectivity index (χ0) is 15.7. The van der Waals surface area contributed by atoms with Crippen LogP contribution in [0.4, 0.5) is 0 Å². The standard InChI is InChI=1S/C17H16N4O/c1-10-7-8-12(9-11(10)2)13-5-3-4-6-14(13)15-16(17(18)22)20-21-19-15/h3-9H,1-2H3,(H2,18,22)(H,19,20,21). The molecule has 5 heteroatoms. The average Bonchev–Trinajstić information content (AvgIpc) is 3.00.